The summed E-state index contributed by atoms with van der Waals surface area (Å²) in [5.74, 6) is 0. The first kappa shape index (κ1) is 15.7. The maximum absolute atomic E-state index is 8.88. The molecule has 4 nitrogen and oxygen atoms in total. The van der Waals surface area contributed by atoms with Gasteiger partial charge in [-0.3, -0.25) is 0 Å². The van der Waals surface area contributed by atoms with Gasteiger partial charge in [-0.1, -0.05) is 0 Å². The van der Waals surface area contributed by atoms with Crippen LogP contribution in [0.4, 0.5) is 0 Å². The molecular formula is H3O4PSZn+4. The predicted octanol–water partition coefficient (Wildman–Crippen LogP) is -0.933. The summed E-state index contributed by atoms with van der Waals surface area (Å²) in [6.07, 6.45) is 0. The summed E-state index contributed by atoms with van der Waals surface area (Å²) < 4.78 is 8.88. The number of hydrogen-bond acceptors (Lipinski definition) is 1. The Morgan fingerprint density at radius 3 is 1.14 bits per heavy atom. The van der Waals surface area contributed by atoms with E-state index in [1.807, 2.05) is 0 Å². The standard InChI is InChI=1S/H3O4P.S.Zn/c1-5(2,3)4;;/h(H3,1,2,3,4);;/q;2*+2. The molecule has 7 heavy (non-hydrogen) atoms. The molecule has 0 saturated heterocycles. The van der Waals surface area contributed by atoms with E-state index in [9.17, 15) is 0 Å². The summed E-state index contributed by atoms with van der Waals surface area (Å²) in [4.78, 5) is 21.6. The topological polar surface area (TPSA) is 77.8 Å². The first-order valence-corrected chi connectivity index (χ1v) is 2.35. The molecule has 0 aromatic heterocycles. The number of hydrogen-bond donors (Lipinski definition) is 3. The molecule has 4 radical (unpaired) electrons. The molecule has 0 fully saturated rings. The van der Waals surface area contributed by atoms with Gasteiger partial charge in [-0.25, -0.2) is 4.57 Å². The van der Waals surface area contributed by atoms with E-state index in [0.29, 0.717) is 0 Å². The van der Waals surface area contributed by atoms with Gasteiger partial charge in [0.25, 0.3) is 0 Å². The Morgan fingerprint density at radius 2 is 1.14 bits per heavy atom. The summed E-state index contributed by atoms with van der Waals surface area (Å²) in [6.45, 7) is 0. The van der Waals surface area contributed by atoms with Crippen LogP contribution in [0, 0.1) is 0 Å². The first-order chi connectivity index (χ1) is 2.00. The molecule has 0 amide bonds. The van der Waals surface area contributed by atoms with E-state index in [1.165, 1.54) is 0 Å². The molecular weight excluding hydrogens is 192 g/mol. The average Bonchev–Trinajstić information content (AvgIpc) is 0.722. The van der Waals surface area contributed by atoms with Crippen molar-refractivity contribution in [1.82, 2.24) is 0 Å². The Labute approximate surface area is 60.4 Å². The molecule has 0 saturated carbocycles. The summed E-state index contributed by atoms with van der Waals surface area (Å²) in [7, 11) is -4.64. The van der Waals surface area contributed by atoms with Crippen molar-refractivity contribution in [3.8, 4) is 0 Å². The SMILES string of the molecule is O=P(O)(O)O.[S+2].[Zn+2]. The Hall–Kier alpha value is 1.08. The molecule has 0 aliphatic carbocycles. The Morgan fingerprint density at radius 1 is 1.14 bits per heavy atom. The van der Waals surface area contributed by atoms with Gasteiger partial charge < -0.3 is 14.7 Å². The van der Waals surface area contributed by atoms with Crippen molar-refractivity contribution in [2.24, 2.45) is 0 Å². The molecule has 0 heterocycles. The second-order valence-electron chi connectivity index (χ2n) is 0.513. The van der Waals surface area contributed by atoms with Crippen molar-refractivity contribution in [3.63, 3.8) is 0 Å². The normalized spacial score (nSPS) is 8.43. The molecule has 0 atom stereocenters. The molecule has 36 valence electrons. The van der Waals surface area contributed by atoms with Crippen LogP contribution in [0.1, 0.15) is 0 Å². The molecule has 0 bridgehead atoms. The van der Waals surface area contributed by atoms with Crippen LogP contribution < -0.4 is 0 Å². The van der Waals surface area contributed by atoms with Crippen LogP contribution in [0.15, 0.2) is 0 Å². The van der Waals surface area contributed by atoms with Crippen molar-refractivity contribution in [3.05, 3.63) is 0 Å². The van der Waals surface area contributed by atoms with Gasteiger partial charge in [-0.05, 0) is 0 Å². The van der Waals surface area contributed by atoms with Crippen LogP contribution in [0.3, 0.4) is 0 Å². The van der Waals surface area contributed by atoms with Crippen LogP contribution in [-0.2, 0) is 37.5 Å². The molecule has 0 aliphatic rings. The fraction of sp³-hybridized carbons (Fsp3) is 0. The zero-order valence-corrected chi connectivity index (χ0v) is 7.99. The predicted molar refractivity (Wildman–Crippen MR) is 21.6 cm³/mol. The third-order valence-corrected chi connectivity index (χ3v) is 0. The van der Waals surface area contributed by atoms with Crippen molar-refractivity contribution < 1.29 is 38.7 Å². The van der Waals surface area contributed by atoms with E-state index < -0.39 is 7.82 Å². The van der Waals surface area contributed by atoms with Crippen LogP contribution in [0.2, 0.25) is 0 Å². The van der Waals surface area contributed by atoms with E-state index in [4.69, 9.17) is 19.2 Å². The maximum atomic E-state index is 8.88. The van der Waals surface area contributed by atoms with Gasteiger partial charge in [0.15, 0.2) is 0 Å². The van der Waals surface area contributed by atoms with Crippen molar-refractivity contribution in [2.45, 2.75) is 0 Å². The zero-order valence-electron chi connectivity index (χ0n) is 3.31. The van der Waals surface area contributed by atoms with Crippen molar-refractivity contribution in [2.75, 3.05) is 0 Å². The third kappa shape index (κ3) is 156. The zero-order chi connectivity index (χ0) is 4.50. The molecule has 3 N–H and O–H groups in total. The molecule has 0 spiro atoms. The van der Waals surface area contributed by atoms with E-state index in [2.05, 4.69) is 0 Å². The van der Waals surface area contributed by atoms with Crippen LogP contribution in [0.5, 0.6) is 0 Å². The molecule has 0 aliphatic heterocycles. The molecule has 0 aromatic rings. The van der Waals surface area contributed by atoms with Gasteiger partial charge in [0, 0.05) is 0 Å². The Balaban J connectivity index is -0.0000000800. The summed E-state index contributed by atoms with van der Waals surface area (Å²) >= 11 is 0. The van der Waals surface area contributed by atoms with Gasteiger partial charge in [-0.15, -0.1) is 0 Å². The minimum absolute atomic E-state index is 0. The molecule has 7 heteroatoms. The van der Waals surface area contributed by atoms with Crippen molar-refractivity contribution in [1.29, 1.82) is 0 Å². The van der Waals surface area contributed by atoms with Gasteiger partial charge >= 0.3 is 40.8 Å². The number of phosphoric acid groups is 1. The summed E-state index contributed by atoms with van der Waals surface area (Å²) in [5.41, 5.74) is 0. The Bertz CT molecular complexity index is 57.8. The van der Waals surface area contributed by atoms with Crippen molar-refractivity contribution >= 4 is 21.3 Å². The smallest absolute Gasteiger partial charge is 0.303 e. The van der Waals surface area contributed by atoms with Crippen LogP contribution in [-0.4, -0.2) is 14.7 Å². The van der Waals surface area contributed by atoms with Gasteiger partial charge in [0.05, 0.1) is 0 Å². The van der Waals surface area contributed by atoms with E-state index in [1.54, 1.807) is 0 Å². The average molecular weight is 195 g/mol. The van der Waals surface area contributed by atoms with E-state index >= 15 is 0 Å². The van der Waals surface area contributed by atoms with E-state index in [-0.39, 0.29) is 33.0 Å². The second-order valence-corrected chi connectivity index (χ2v) is 1.54. The van der Waals surface area contributed by atoms with Gasteiger partial charge in [0.2, 0.25) is 0 Å². The third-order valence-electron chi connectivity index (χ3n) is 0. The fourth-order valence-corrected chi connectivity index (χ4v) is 0. The first-order valence-electron chi connectivity index (χ1n) is 0.783. The molecule has 0 rings (SSSR count). The van der Waals surface area contributed by atoms with Crippen LogP contribution in [0.25, 0.3) is 0 Å². The fourth-order valence-electron chi connectivity index (χ4n) is 0. The summed E-state index contributed by atoms with van der Waals surface area (Å²) in [5, 5.41) is 0. The second kappa shape index (κ2) is 5.22. The minimum atomic E-state index is -4.64. The Kier molecular flexibility index (Phi) is 11.7. The molecule has 0 aromatic carbocycles. The quantitative estimate of drug-likeness (QED) is 0.345. The number of rotatable bonds is 0. The monoisotopic (exact) mass is 194 g/mol. The van der Waals surface area contributed by atoms with E-state index in [0.717, 1.165) is 0 Å². The molecule has 0 unspecified atom stereocenters. The van der Waals surface area contributed by atoms with Crippen LogP contribution >= 0.6 is 7.82 Å². The van der Waals surface area contributed by atoms with Gasteiger partial charge in [-0.2, -0.15) is 0 Å². The minimum Gasteiger partial charge on any atom is -0.303 e. The maximum Gasteiger partial charge on any atom is 2.00 e. The largest absolute Gasteiger partial charge is 2.00 e. The summed E-state index contributed by atoms with van der Waals surface area (Å²) in [6, 6.07) is 0. The van der Waals surface area contributed by atoms with Gasteiger partial charge in [0.1, 0.15) is 0 Å².